The number of aliphatic hydroxyl groups excluding tert-OH is 2. The van der Waals surface area contributed by atoms with Crippen molar-refractivity contribution in [3.8, 4) is 0 Å². The third kappa shape index (κ3) is 5.44. The van der Waals surface area contributed by atoms with E-state index in [1.807, 2.05) is 0 Å². The quantitative estimate of drug-likeness (QED) is 0.287. The van der Waals surface area contributed by atoms with Gasteiger partial charge in [-0.1, -0.05) is 20.8 Å². The van der Waals surface area contributed by atoms with Crippen LogP contribution in [0.3, 0.4) is 0 Å². The standard InChI is InChI=1S/C26H43NO9S/c1-14(4-7-22(30)27-13-23(31)32)17-5-6-18-24-19(12-21(29)26(17,18)3)25(2)9-8-16(28)10-15(25)11-20(24)36-37(33,34)35/h14-21,24,28-29H,4-13H2,1-3H3,(H,27,30)(H,31,32)(H,33,34,35). The van der Waals surface area contributed by atoms with Gasteiger partial charge >= 0.3 is 16.4 Å². The first-order valence-electron chi connectivity index (χ1n) is 13.7. The van der Waals surface area contributed by atoms with Crippen molar-refractivity contribution in [2.75, 3.05) is 6.54 Å². The van der Waals surface area contributed by atoms with Crippen LogP contribution in [0.2, 0.25) is 0 Å². The van der Waals surface area contributed by atoms with Crippen LogP contribution in [0.25, 0.3) is 0 Å². The van der Waals surface area contributed by atoms with Crippen LogP contribution in [-0.4, -0.2) is 65.0 Å². The number of carbonyl (C=O) groups excluding carboxylic acids is 1. The van der Waals surface area contributed by atoms with Gasteiger partial charge in [0.1, 0.15) is 6.54 Å². The lowest BCUT2D eigenvalue weighted by Gasteiger charge is -2.63. The molecule has 5 N–H and O–H groups in total. The lowest BCUT2D eigenvalue weighted by Crippen LogP contribution is -2.63. The number of fused-ring (bicyclic) bond motifs is 5. The molecule has 0 bridgehead atoms. The first kappa shape index (κ1) is 28.7. The van der Waals surface area contributed by atoms with E-state index >= 15 is 0 Å². The van der Waals surface area contributed by atoms with E-state index in [-0.39, 0.29) is 53.3 Å². The minimum atomic E-state index is -4.68. The van der Waals surface area contributed by atoms with Crippen LogP contribution >= 0.6 is 0 Å². The van der Waals surface area contributed by atoms with E-state index in [1.54, 1.807) is 0 Å². The fourth-order valence-electron chi connectivity index (χ4n) is 9.18. The second-order valence-corrected chi connectivity index (χ2v) is 13.8. The molecular formula is C26H43NO9S. The third-order valence-electron chi connectivity index (χ3n) is 11.0. The summed E-state index contributed by atoms with van der Waals surface area (Å²) in [5.41, 5.74) is -0.659. The maximum atomic E-state index is 12.1. The molecule has 4 saturated carbocycles. The molecule has 0 radical (unpaired) electrons. The molecule has 1 amide bonds. The number of amides is 1. The molecule has 0 aromatic rings. The molecule has 0 saturated heterocycles. The molecule has 0 spiro atoms. The molecule has 0 aliphatic heterocycles. The van der Waals surface area contributed by atoms with Crippen LogP contribution in [0.1, 0.15) is 78.6 Å². The first-order chi connectivity index (χ1) is 17.2. The SMILES string of the molecule is CC(CCC(=O)NCC(=O)O)C1CCC2C3C(OS(=O)(=O)O)CC4CC(O)CCC4(C)C3CC(O)C12C. The molecule has 10 nitrogen and oxygen atoms in total. The van der Waals surface area contributed by atoms with Crippen molar-refractivity contribution in [2.45, 2.75) is 96.9 Å². The maximum Gasteiger partial charge on any atom is 0.397 e. The van der Waals surface area contributed by atoms with Gasteiger partial charge in [0.25, 0.3) is 0 Å². The third-order valence-corrected chi connectivity index (χ3v) is 11.5. The number of hydrogen-bond donors (Lipinski definition) is 5. The van der Waals surface area contributed by atoms with E-state index in [0.717, 1.165) is 19.3 Å². The highest BCUT2D eigenvalue weighted by molar-refractivity contribution is 7.80. The fourth-order valence-corrected chi connectivity index (χ4v) is 9.70. The average molecular weight is 546 g/mol. The van der Waals surface area contributed by atoms with Crippen LogP contribution in [0.4, 0.5) is 0 Å². The highest BCUT2D eigenvalue weighted by Crippen LogP contribution is 2.68. The summed E-state index contributed by atoms with van der Waals surface area (Å²) in [5.74, 6) is -1.32. The van der Waals surface area contributed by atoms with E-state index < -0.39 is 46.6 Å². The van der Waals surface area contributed by atoms with Gasteiger partial charge in [0.2, 0.25) is 5.91 Å². The summed E-state index contributed by atoms with van der Waals surface area (Å²) in [6.07, 6.45) is 3.63. The summed E-state index contributed by atoms with van der Waals surface area (Å²) < 4.78 is 38.8. The Labute approximate surface area is 219 Å². The van der Waals surface area contributed by atoms with Crippen molar-refractivity contribution in [3.05, 3.63) is 0 Å². The molecule has 0 heterocycles. The number of carbonyl (C=O) groups is 2. The van der Waals surface area contributed by atoms with Crippen molar-refractivity contribution in [2.24, 2.45) is 46.3 Å². The number of nitrogens with one attached hydrogen (secondary N) is 1. The van der Waals surface area contributed by atoms with Gasteiger partial charge in [0.05, 0.1) is 18.3 Å². The zero-order chi connectivity index (χ0) is 27.3. The van der Waals surface area contributed by atoms with Gasteiger partial charge in [0.15, 0.2) is 0 Å². The molecule has 11 heteroatoms. The summed E-state index contributed by atoms with van der Waals surface area (Å²) in [6, 6.07) is 0. The Bertz CT molecular complexity index is 989. The fraction of sp³-hybridized carbons (Fsp3) is 0.923. The first-order valence-corrected chi connectivity index (χ1v) is 15.0. The molecule has 11 unspecified atom stereocenters. The number of rotatable bonds is 8. The van der Waals surface area contributed by atoms with Crippen molar-refractivity contribution in [1.82, 2.24) is 5.32 Å². The van der Waals surface area contributed by atoms with Gasteiger partial charge in [-0.05, 0) is 97.7 Å². The molecule has 4 aliphatic rings. The highest BCUT2D eigenvalue weighted by Gasteiger charge is 2.66. The maximum absolute atomic E-state index is 12.1. The Hall–Kier alpha value is -1.27. The molecule has 11 atom stereocenters. The molecule has 212 valence electrons. The number of carboxylic acid groups (broad SMARTS) is 1. The van der Waals surface area contributed by atoms with Crippen LogP contribution in [0.5, 0.6) is 0 Å². The van der Waals surface area contributed by atoms with Crippen LogP contribution in [0, 0.1) is 46.3 Å². The van der Waals surface area contributed by atoms with E-state index in [9.17, 15) is 32.8 Å². The molecule has 0 aromatic heterocycles. The van der Waals surface area contributed by atoms with Gasteiger partial charge in [0, 0.05) is 6.42 Å². The summed E-state index contributed by atoms with van der Waals surface area (Å²) in [5, 5.41) is 33.2. The van der Waals surface area contributed by atoms with Gasteiger partial charge in [-0.15, -0.1) is 0 Å². The van der Waals surface area contributed by atoms with E-state index in [2.05, 4.69) is 26.1 Å². The number of aliphatic hydroxyl groups is 2. The molecule has 4 aliphatic carbocycles. The summed E-state index contributed by atoms with van der Waals surface area (Å²) in [4.78, 5) is 22.8. The molecule has 4 fully saturated rings. The molecular weight excluding hydrogens is 502 g/mol. The lowest BCUT2D eigenvalue weighted by atomic mass is 9.43. The van der Waals surface area contributed by atoms with Gasteiger partial charge in [-0.25, -0.2) is 4.18 Å². The lowest BCUT2D eigenvalue weighted by molar-refractivity contribution is -0.202. The zero-order valence-electron chi connectivity index (χ0n) is 22.0. The van der Waals surface area contributed by atoms with Crippen LogP contribution in [0.15, 0.2) is 0 Å². The molecule has 37 heavy (non-hydrogen) atoms. The summed E-state index contributed by atoms with van der Waals surface area (Å²) in [6.45, 7) is 5.95. The second-order valence-electron chi connectivity index (χ2n) is 12.7. The number of carboxylic acids is 1. The minimum Gasteiger partial charge on any atom is -0.480 e. The Balaban J connectivity index is 1.58. The Morgan fingerprint density at radius 2 is 1.78 bits per heavy atom. The molecule has 0 aromatic carbocycles. The predicted molar refractivity (Wildman–Crippen MR) is 133 cm³/mol. The van der Waals surface area contributed by atoms with E-state index in [1.165, 1.54) is 0 Å². The average Bonchev–Trinajstić information content (AvgIpc) is 3.15. The molecule has 4 rings (SSSR count). The van der Waals surface area contributed by atoms with E-state index in [4.69, 9.17) is 9.29 Å². The smallest absolute Gasteiger partial charge is 0.397 e. The number of hydrogen-bond acceptors (Lipinski definition) is 7. The Morgan fingerprint density at radius 1 is 1.08 bits per heavy atom. The second kappa shape index (κ2) is 10.4. The monoisotopic (exact) mass is 545 g/mol. The van der Waals surface area contributed by atoms with Gasteiger partial charge < -0.3 is 20.6 Å². The van der Waals surface area contributed by atoms with Gasteiger partial charge in [-0.2, -0.15) is 8.42 Å². The number of aliphatic carboxylic acids is 1. The zero-order valence-corrected chi connectivity index (χ0v) is 22.8. The van der Waals surface area contributed by atoms with Crippen molar-refractivity contribution in [3.63, 3.8) is 0 Å². The van der Waals surface area contributed by atoms with Gasteiger partial charge in [-0.3, -0.25) is 14.1 Å². The van der Waals surface area contributed by atoms with Crippen molar-refractivity contribution in [1.29, 1.82) is 0 Å². The summed E-state index contributed by atoms with van der Waals surface area (Å²) in [7, 11) is -4.68. The van der Waals surface area contributed by atoms with Crippen LogP contribution < -0.4 is 5.32 Å². The van der Waals surface area contributed by atoms with Crippen LogP contribution in [-0.2, 0) is 24.2 Å². The van der Waals surface area contributed by atoms with Crippen molar-refractivity contribution < 1.29 is 42.1 Å². The highest BCUT2D eigenvalue weighted by atomic mass is 32.3. The Kier molecular flexibility index (Phi) is 8.05. The minimum absolute atomic E-state index is 0.00841. The predicted octanol–water partition coefficient (Wildman–Crippen LogP) is 2.39. The normalized spacial score (nSPS) is 44.3. The van der Waals surface area contributed by atoms with E-state index in [0.29, 0.717) is 32.1 Å². The largest absolute Gasteiger partial charge is 0.480 e. The Morgan fingerprint density at radius 3 is 2.43 bits per heavy atom. The van der Waals surface area contributed by atoms with Crippen molar-refractivity contribution >= 4 is 22.3 Å². The topological polar surface area (TPSA) is 170 Å². The summed E-state index contributed by atoms with van der Waals surface area (Å²) >= 11 is 0.